The summed E-state index contributed by atoms with van der Waals surface area (Å²) in [4.78, 5) is 13.3. The minimum absolute atomic E-state index is 0.109. The Morgan fingerprint density at radius 1 is 1.60 bits per heavy atom. The molecule has 0 aliphatic carbocycles. The van der Waals surface area contributed by atoms with E-state index in [2.05, 4.69) is 9.64 Å². The minimum Gasteiger partial charge on any atom is -0.469 e. The van der Waals surface area contributed by atoms with Gasteiger partial charge in [-0.1, -0.05) is 0 Å². The molecule has 4 heteroatoms. The second-order valence-electron chi connectivity index (χ2n) is 4.22. The highest BCUT2D eigenvalue weighted by Gasteiger charge is 2.18. The number of ether oxygens (including phenoxy) is 1. The molecule has 88 valence electrons. The topological polar surface area (TPSA) is 55.6 Å². The first kappa shape index (κ1) is 12.5. The summed E-state index contributed by atoms with van der Waals surface area (Å²) in [5.74, 6) is 0.541. The van der Waals surface area contributed by atoms with Gasteiger partial charge in [0.15, 0.2) is 0 Å². The fourth-order valence-electron chi connectivity index (χ4n) is 2.10. The molecule has 1 atom stereocenters. The molecular formula is C11H22N2O2. The van der Waals surface area contributed by atoms with E-state index in [1.165, 1.54) is 20.0 Å². The molecule has 0 radical (unpaired) electrons. The van der Waals surface area contributed by atoms with Gasteiger partial charge in [0.1, 0.15) is 0 Å². The minimum atomic E-state index is -0.109. The van der Waals surface area contributed by atoms with Gasteiger partial charge in [0.05, 0.1) is 7.11 Å². The smallest absolute Gasteiger partial charge is 0.305 e. The van der Waals surface area contributed by atoms with Gasteiger partial charge in [-0.15, -0.1) is 0 Å². The summed E-state index contributed by atoms with van der Waals surface area (Å²) in [5.41, 5.74) is 5.66. The third kappa shape index (κ3) is 4.62. The SMILES string of the molecule is COC(=O)CCCN1CCCC(CN)C1. The molecule has 0 aromatic heterocycles. The Morgan fingerprint density at radius 3 is 3.07 bits per heavy atom. The maximum absolute atomic E-state index is 10.9. The number of esters is 1. The summed E-state index contributed by atoms with van der Waals surface area (Å²) >= 11 is 0. The van der Waals surface area contributed by atoms with E-state index in [9.17, 15) is 4.79 Å². The van der Waals surface area contributed by atoms with Gasteiger partial charge >= 0.3 is 5.97 Å². The van der Waals surface area contributed by atoms with Crippen molar-refractivity contribution in [2.75, 3.05) is 33.3 Å². The normalized spacial score (nSPS) is 22.7. The quantitative estimate of drug-likeness (QED) is 0.681. The van der Waals surface area contributed by atoms with Crippen molar-refractivity contribution < 1.29 is 9.53 Å². The number of carbonyl (C=O) groups is 1. The van der Waals surface area contributed by atoms with Gasteiger partial charge < -0.3 is 15.4 Å². The first-order valence-electron chi connectivity index (χ1n) is 5.75. The summed E-state index contributed by atoms with van der Waals surface area (Å²) in [7, 11) is 1.44. The van der Waals surface area contributed by atoms with Crippen molar-refractivity contribution >= 4 is 5.97 Å². The van der Waals surface area contributed by atoms with Crippen LogP contribution < -0.4 is 5.73 Å². The number of piperidine rings is 1. The van der Waals surface area contributed by atoms with E-state index in [1.54, 1.807) is 0 Å². The Hall–Kier alpha value is -0.610. The van der Waals surface area contributed by atoms with Crippen LogP contribution in [0.3, 0.4) is 0 Å². The van der Waals surface area contributed by atoms with Crippen LogP contribution in [0.5, 0.6) is 0 Å². The lowest BCUT2D eigenvalue weighted by atomic mass is 9.98. The van der Waals surface area contributed by atoms with Crippen molar-refractivity contribution in [2.45, 2.75) is 25.7 Å². The summed E-state index contributed by atoms with van der Waals surface area (Å²) in [5, 5.41) is 0. The van der Waals surface area contributed by atoms with Gasteiger partial charge in [-0.2, -0.15) is 0 Å². The largest absolute Gasteiger partial charge is 0.469 e. The number of methoxy groups -OCH3 is 1. The Labute approximate surface area is 91.8 Å². The zero-order valence-corrected chi connectivity index (χ0v) is 9.58. The van der Waals surface area contributed by atoms with Crippen LogP contribution in [0.1, 0.15) is 25.7 Å². The van der Waals surface area contributed by atoms with Crippen LogP contribution >= 0.6 is 0 Å². The molecule has 0 bridgehead atoms. The van der Waals surface area contributed by atoms with Gasteiger partial charge in [-0.25, -0.2) is 0 Å². The summed E-state index contributed by atoms with van der Waals surface area (Å²) < 4.78 is 4.60. The predicted octanol–water partition coefficient (Wildman–Crippen LogP) is 0.610. The van der Waals surface area contributed by atoms with Gasteiger partial charge in [0.2, 0.25) is 0 Å². The van der Waals surface area contributed by atoms with Crippen LogP contribution in [0.2, 0.25) is 0 Å². The Morgan fingerprint density at radius 2 is 2.40 bits per heavy atom. The highest BCUT2D eigenvalue weighted by Crippen LogP contribution is 2.15. The molecule has 1 aliphatic rings. The molecule has 1 fully saturated rings. The first-order valence-corrected chi connectivity index (χ1v) is 5.75. The molecular weight excluding hydrogens is 192 g/mol. The molecule has 0 aromatic rings. The molecule has 1 unspecified atom stereocenters. The van der Waals surface area contributed by atoms with Gasteiger partial charge in [0.25, 0.3) is 0 Å². The molecule has 0 amide bonds. The number of rotatable bonds is 5. The molecule has 1 aliphatic heterocycles. The third-order valence-corrected chi connectivity index (χ3v) is 3.02. The van der Waals surface area contributed by atoms with E-state index in [1.807, 2.05) is 0 Å². The van der Waals surface area contributed by atoms with Crippen molar-refractivity contribution in [3.8, 4) is 0 Å². The molecule has 4 nitrogen and oxygen atoms in total. The van der Waals surface area contributed by atoms with Gasteiger partial charge in [0, 0.05) is 13.0 Å². The molecule has 0 spiro atoms. The lowest BCUT2D eigenvalue weighted by molar-refractivity contribution is -0.140. The average Bonchev–Trinajstić information content (AvgIpc) is 2.29. The predicted molar refractivity (Wildman–Crippen MR) is 59.5 cm³/mol. The monoisotopic (exact) mass is 214 g/mol. The van der Waals surface area contributed by atoms with Crippen LogP contribution in [0.25, 0.3) is 0 Å². The van der Waals surface area contributed by atoms with Crippen molar-refractivity contribution in [3.05, 3.63) is 0 Å². The van der Waals surface area contributed by atoms with Crippen molar-refractivity contribution in [1.29, 1.82) is 0 Å². The lowest BCUT2D eigenvalue weighted by Gasteiger charge is -2.31. The molecule has 1 saturated heterocycles. The maximum atomic E-state index is 10.9. The molecule has 1 heterocycles. The van der Waals surface area contributed by atoms with Crippen LogP contribution in [-0.4, -0.2) is 44.2 Å². The standard InChI is InChI=1S/C11H22N2O2/c1-15-11(14)5-3-7-13-6-2-4-10(8-12)9-13/h10H,2-9,12H2,1H3. The van der Waals surface area contributed by atoms with Gasteiger partial charge in [-0.05, 0) is 44.8 Å². The highest BCUT2D eigenvalue weighted by atomic mass is 16.5. The summed E-state index contributed by atoms with van der Waals surface area (Å²) in [6.07, 6.45) is 3.91. The van der Waals surface area contributed by atoms with E-state index in [0.29, 0.717) is 12.3 Å². The number of nitrogens with zero attached hydrogens (tertiary/aromatic N) is 1. The number of hydrogen-bond acceptors (Lipinski definition) is 4. The van der Waals surface area contributed by atoms with Crippen molar-refractivity contribution in [3.63, 3.8) is 0 Å². The summed E-state index contributed by atoms with van der Waals surface area (Å²) in [6.45, 7) is 4.02. The van der Waals surface area contributed by atoms with Crippen LogP contribution in [0.15, 0.2) is 0 Å². The van der Waals surface area contributed by atoms with E-state index < -0.39 is 0 Å². The molecule has 0 saturated carbocycles. The Kier molecular flexibility index (Phi) is 5.65. The lowest BCUT2D eigenvalue weighted by Crippen LogP contribution is -2.38. The second-order valence-corrected chi connectivity index (χ2v) is 4.22. The maximum Gasteiger partial charge on any atom is 0.305 e. The molecule has 2 N–H and O–H groups in total. The number of carbonyl (C=O) groups excluding carboxylic acids is 1. The first-order chi connectivity index (χ1) is 7.26. The molecule has 1 rings (SSSR count). The fourth-order valence-corrected chi connectivity index (χ4v) is 2.10. The third-order valence-electron chi connectivity index (χ3n) is 3.02. The van der Waals surface area contributed by atoms with Crippen molar-refractivity contribution in [2.24, 2.45) is 11.7 Å². The van der Waals surface area contributed by atoms with E-state index >= 15 is 0 Å². The van der Waals surface area contributed by atoms with E-state index in [4.69, 9.17) is 5.73 Å². The van der Waals surface area contributed by atoms with E-state index in [-0.39, 0.29) is 5.97 Å². The van der Waals surface area contributed by atoms with Crippen LogP contribution in [0, 0.1) is 5.92 Å². The van der Waals surface area contributed by atoms with Crippen LogP contribution in [-0.2, 0) is 9.53 Å². The second kappa shape index (κ2) is 6.80. The molecule has 15 heavy (non-hydrogen) atoms. The van der Waals surface area contributed by atoms with Crippen LogP contribution in [0.4, 0.5) is 0 Å². The summed E-state index contributed by atoms with van der Waals surface area (Å²) in [6, 6.07) is 0. The zero-order chi connectivity index (χ0) is 11.1. The number of hydrogen-bond donors (Lipinski definition) is 1. The molecule has 0 aromatic carbocycles. The fraction of sp³-hybridized carbons (Fsp3) is 0.909. The average molecular weight is 214 g/mol. The highest BCUT2D eigenvalue weighted by molar-refractivity contribution is 5.69. The van der Waals surface area contributed by atoms with E-state index in [0.717, 1.165) is 32.6 Å². The number of likely N-dealkylation sites (tertiary alicyclic amines) is 1. The Balaban J connectivity index is 2.12. The van der Waals surface area contributed by atoms with Crippen molar-refractivity contribution in [1.82, 2.24) is 4.90 Å². The Bertz CT molecular complexity index is 197. The number of nitrogens with two attached hydrogens (primary N) is 1. The zero-order valence-electron chi connectivity index (χ0n) is 9.58. The van der Waals surface area contributed by atoms with Gasteiger partial charge in [-0.3, -0.25) is 4.79 Å².